The first-order valence-electron chi connectivity index (χ1n) is 5.72. The van der Waals surface area contributed by atoms with Gasteiger partial charge >= 0.3 is 0 Å². The standard InChI is InChI=1S/C13H20ClNO/c1-10-8-13(14)6-5-12(10)9-15-11(2)4-3-7-16/h5-6,8,11,15-16H,3-4,7,9H2,1-2H3. The summed E-state index contributed by atoms with van der Waals surface area (Å²) in [6.45, 7) is 5.34. The van der Waals surface area contributed by atoms with E-state index in [2.05, 4.69) is 25.2 Å². The van der Waals surface area contributed by atoms with Gasteiger partial charge in [-0.1, -0.05) is 17.7 Å². The van der Waals surface area contributed by atoms with Crippen LogP contribution in [0.4, 0.5) is 0 Å². The Morgan fingerprint density at radius 1 is 1.44 bits per heavy atom. The molecule has 90 valence electrons. The number of benzene rings is 1. The van der Waals surface area contributed by atoms with Gasteiger partial charge in [0, 0.05) is 24.2 Å². The van der Waals surface area contributed by atoms with E-state index < -0.39 is 0 Å². The van der Waals surface area contributed by atoms with Crippen molar-refractivity contribution in [1.29, 1.82) is 0 Å². The molecule has 2 nitrogen and oxygen atoms in total. The monoisotopic (exact) mass is 241 g/mol. The zero-order chi connectivity index (χ0) is 12.0. The van der Waals surface area contributed by atoms with Gasteiger partial charge in [0.2, 0.25) is 0 Å². The van der Waals surface area contributed by atoms with Crippen LogP contribution in [0.1, 0.15) is 30.9 Å². The second-order valence-corrected chi connectivity index (χ2v) is 4.66. The highest BCUT2D eigenvalue weighted by Crippen LogP contribution is 2.15. The van der Waals surface area contributed by atoms with Gasteiger partial charge in [0.05, 0.1) is 0 Å². The van der Waals surface area contributed by atoms with Gasteiger partial charge in [0.1, 0.15) is 0 Å². The van der Waals surface area contributed by atoms with Crippen molar-refractivity contribution in [2.45, 2.75) is 39.3 Å². The third-order valence-electron chi connectivity index (χ3n) is 2.74. The third-order valence-corrected chi connectivity index (χ3v) is 2.98. The lowest BCUT2D eigenvalue weighted by Gasteiger charge is -2.14. The number of nitrogens with one attached hydrogen (secondary N) is 1. The van der Waals surface area contributed by atoms with Crippen LogP contribution in [0.2, 0.25) is 5.02 Å². The number of rotatable bonds is 6. The van der Waals surface area contributed by atoms with Gasteiger partial charge in [-0.15, -0.1) is 0 Å². The molecular formula is C13H20ClNO. The van der Waals surface area contributed by atoms with Crippen LogP contribution in [0.5, 0.6) is 0 Å². The molecule has 1 aromatic carbocycles. The number of halogens is 1. The molecule has 0 fully saturated rings. The average molecular weight is 242 g/mol. The fourth-order valence-corrected chi connectivity index (χ4v) is 1.87. The number of hydrogen-bond acceptors (Lipinski definition) is 2. The highest BCUT2D eigenvalue weighted by atomic mass is 35.5. The van der Waals surface area contributed by atoms with Crippen LogP contribution >= 0.6 is 11.6 Å². The van der Waals surface area contributed by atoms with Crippen molar-refractivity contribution in [3.8, 4) is 0 Å². The molecular weight excluding hydrogens is 222 g/mol. The largest absolute Gasteiger partial charge is 0.396 e. The van der Waals surface area contributed by atoms with E-state index >= 15 is 0 Å². The minimum Gasteiger partial charge on any atom is -0.396 e. The first kappa shape index (κ1) is 13.5. The Hall–Kier alpha value is -0.570. The second kappa shape index (κ2) is 6.89. The van der Waals surface area contributed by atoms with E-state index in [1.807, 2.05) is 12.1 Å². The smallest absolute Gasteiger partial charge is 0.0431 e. The predicted octanol–water partition coefficient (Wildman–Crippen LogP) is 2.90. The Bertz CT molecular complexity index is 328. The van der Waals surface area contributed by atoms with E-state index in [-0.39, 0.29) is 6.61 Å². The van der Waals surface area contributed by atoms with Crippen molar-refractivity contribution in [2.75, 3.05) is 6.61 Å². The van der Waals surface area contributed by atoms with Crippen LogP contribution in [0.15, 0.2) is 18.2 Å². The van der Waals surface area contributed by atoms with Crippen LogP contribution in [0.25, 0.3) is 0 Å². The predicted molar refractivity (Wildman–Crippen MR) is 68.8 cm³/mol. The van der Waals surface area contributed by atoms with Gasteiger partial charge in [-0.25, -0.2) is 0 Å². The average Bonchev–Trinajstić information content (AvgIpc) is 2.25. The van der Waals surface area contributed by atoms with Gasteiger partial charge in [-0.2, -0.15) is 0 Å². The Morgan fingerprint density at radius 2 is 2.19 bits per heavy atom. The van der Waals surface area contributed by atoms with E-state index in [1.165, 1.54) is 11.1 Å². The Labute approximate surface area is 103 Å². The summed E-state index contributed by atoms with van der Waals surface area (Å²) in [5.41, 5.74) is 2.50. The summed E-state index contributed by atoms with van der Waals surface area (Å²) in [5, 5.41) is 13.0. The molecule has 0 saturated heterocycles. The van der Waals surface area contributed by atoms with Crippen molar-refractivity contribution < 1.29 is 5.11 Å². The first-order valence-corrected chi connectivity index (χ1v) is 6.10. The molecule has 0 aromatic heterocycles. The maximum Gasteiger partial charge on any atom is 0.0431 e. The number of aryl methyl sites for hydroxylation is 1. The Kier molecular flexibility index (Phi) is 5.81. The fraction of sp³-hybridized carbons (Fsp3) is 0.538. The minimum atomic E-state index is 0.270. The number of hydrogen-bond donors (Lipinski definition) is 2. The summed E-state index contributed by atoms with van der Waals surface area (Å²) < 4.78 is 0. The summed E-state index contributed by atoms with van der Waals surface area (Å²) in [5.74, 6) is 0. The molecule has 1 rings (SSSR count). The Balaban J connectivity index is 2.42. The molecule has 0 saturated carbocycles. The van der Waals surface area contributed by atoms with E-state index in [1.54, 1.807) is 0 Å². The zero-order valence-corrected chi connectivity index (χ0v) is 10.7. The highest BCUT2D eigenvalue weighted by molar-refractivity contribution is 6.30. The molecule has 0 bridgehead atoms. The minimum absolute atomic E-state index is 0.270. The summed E-state index contributed by atoms with van der Waals surface area (Å²) in [6, 6.07) is 6.40. The third kappa shape index (κ3) is 4.52. The maximum atomic E-state index is 8.73. The van der Waals surface area contributed by atoms with Gasteiger partial charge in [0.25, 0.3) is 0 Å². The first-order chi connectivity index (χ1) is 7.63. The van der Waals surface area contributed by atoms with E-state index in [4.69, 9.17) is 16.7 Å². The lowest BCUT2D eigenvalue weighted by Crippen LogP contribution is -2.25. The second-order valence-electron chi connectivity index (χ2n) is 4.22. The SMILES string of the molecule is Cc1cc(Cl)ccc1CNC(C)CCCO. The van der Waals surface area contributed by atoms with Gasteiger partial charge in [-0.3, -0.25) is 0 Å². The maximum absolute atomic E-state index is 8.73. The molecule has 0 amide bonds. The van der Waals surface area contributed by atoms with Crippen molar-refractivity contribution >= 4 is 11.6 Å². The van der Waals surface area contributed by atoms with Gasteiger partial charge < -0.3 is 10.4 Å². The molecule has 0 heterocycles. The van der Waals surface area contributed by atoms with Crippen LogP contribution in [-0.4, -0.2) is 17.8 Å². The number of aliphatic hydroxyl groups excluding tert-OH is 1. The molecule has 0 aliphatic heterocycles. The van der Waals surface area contributed by atoms with Gasteiger partial charge in [-0.05, 0) is 49.9 Å². The van der Waals surface area contributed by atoms with Crippen LogP contribution in [0, 0.1) is 6.92 Å². The number of aliphatic hydroxyl groups is 1. The van der Waals surface area contributed by atoms with Gasteiger partial charge in [0.15, 0.2) is 0 Å². The fourth-order valence-electron chi connectivity index (χ4n) is 1.64. The van der Waals surface area contributed by atoms with E-state index in [0.29, 0.717) is 6.04 Å². The molecule has 0 spiro atoms. The van der Waals surface area contributed by atoms with Crippen molar-refractivity contribution in [2.24, 2.45) is 0 Å². The molecule has 2 N–H and O–H groups in total. The molecule has 0 radical (unpaired) electrons. The van der Waals surface area contributed by atoms with E-state index in [0.717, 1.165) is 24.4 Å². The summed E-state index contributed by atoms with van der Waals surface area (Å²) in [4.78, 5) is 0. The zero-order valence-electron chi connectivity index (χ0n) is 9.96. The lowest BCUT2D eigenvalue weighted by molar-refractivity contribution is 0.276. The summed E-state index contributed by atoms with van der Waals surface area (Å²) in [7, 11) is 0. The quantitative estimate of drug-likeness (QED) is 0.803. The molecule has 0 aliphatic rings. The van der Waals surface area contributed by atoms with Crippen molar-refractivity contribution in [1.82, 2.24) is 5.32 Å². The highest BCUT2D eigenvalue weighted by Gasteiger charge is 2.03. The topological polar surface area (TPSA) is 32.3 Å². The molecule has 3 heteroatoms. The molecule has 1 aromatic rings. The Morgan fingerprint density at radius 3 is 2.81 bits per heavy atom. The molecule has 0 aliphatic carbocycles. The lowest BCUT2D eigenvalue weighted by atomic mass is 10.1. The van der Waals surface area contributed by atoms with E-state index in [9.17, 15) is 0 Å². The molecule has 1 atom stereocenters. The van der Waals surface area contributed by atoms with Crippen LogP contribution in [0.3, 0.4) is 0 Å². The normalized spacial score (nSPS) is 12.8. The molecule has 16 heavy (non-hydrogen) atoms. The van der Waals surface area contributed by atoms with Crippen molar-refractivity contribution in [3.05, 3.63) is 34.3 Å². The van der Waals surface area contributed by atoms with Crippen molar-refractivity contribution in [3.63, 3.8) is 0 Å². The van der Waals surface area contributed by atoms with Crippen LogP contribution < -0.4 is 5.32 Å². The summed E-state index contributed by atoms with van der Waals surface area (Å²) in [6.07, 6.45) is 1.86. The van der Waals surface area contributed by atoms with Crippen LogP contribution in [-0.2, 0) is 6.54 Å². The summed E-state index contributed by atoms with van der Waals surface area (Å²) >= 11 is 5.90. The molecule has 1 unspecified atom stereocenters.